The van der Waals surface area contributed by atoms with Crippen molar-refractivity contribution in [3.05, 3.63) is 98.3 Å². The Morgan fingerprint density at radius 3 is 2.51 bits per heavy atom. The number of nitrogens with one attached hydrogen (secondary N) is 3. The number of hydrogen-bond donors (Lipinski definition) is 3. The molecular weight excluding hydrogens is 596 g/mol. The largest absolute Gasteiger partial charge is 0.493 e. The summed E-state index contributed by atoms with van der Waals surface area (Å²) in [4.78, 5) is 44.1. The van der Waals surface area contributed by atoms with Gasteiger partial charge in [0.05, 0.1) is 25.8 Å². The van der Waals surface area contributed by atoms with Crippen LogP contribution in [0.15, 0.2) is 65.5 Å². The predicted molar refractivity (Wildman–Crippen MR) is 177 cm³/mol. The van der Waals surface area contributed by atoms with Crippen LogP contribution in [0.25, 0.3) is 10.9 Å². The average Bonchev–Trinajstić information content (AvgIpc) is 3.05. The fraction of sp³-hybridized carbons (Fsp3) is 0.324. The summed E-state index contributed by atoms with van der Waals surface area (Å²) in [6, 6.07) is 17.2. The van der Waals surface area contributed by atoms with Gasteiger partial charge in [-0.05, 0) is 54.4 Å². The molecule has 3 aromatic carbocycles. The van der Waals surface area contributed by atoms with Gasteiger partial charge < -0.3 is 29.8 Å². The van der Waals surface area contributed by atoms with Crippen molar-refractivity contribution in [1.29, 1.82) is 0 Å². The van der Waals surface area contributed by atoms with Crippen LogP contribution in [0.3, 0.4) is 0 Å². The predicted octanol–water partition coefficient (Wildman–Crippen LogP) is 5.42. The quantitative estimate of drug-likeness (QED) is 0.213. The van der Waals surface area contributed by atoms with Gasteiger partial charge >= 0.3 is 0 Å². The third kappa shape index (κ3) is 8.85. The van der Waals surface area contributed by atoms with Gasteiger partial charge in [0.25, 0.3) is 17.4 Å². The van der Waals surface area contributed by atoms with Crippen LogP contribution in [-0.4, -0.2) is 68.3 Å². The smallest absolute Gasteiger partial charge is 0.261 e. The second-order valence-electron chi connectivity index (χ2n) is 10.2. The third-order valence-corrected chi connectivity index (χ3v) is 7.47. The molecule has 1 aliphatic rings. The van der Waals surface area contributed by atoms with E-state index in [4.69, 9.17) is 25.8 Å². The van der Waals surface area contributed by atoms with Crippen molar-refractivity contribution in [2.24, 2.45) is 0 Å². The fourth-order valence-electron chi connectivity index (χ4n) is 4.78. The molecule has 3 N–H and O–H groups in total. The number of rotatable bonds is 10. The molecule has 0 aliphatic carbocycles. The molecule has 5 rings (SSSR count). The van der Waals surface area contributed by atoms with Crippen molar-refractivity contribution >= 4 is 40.0 Å². The molecule has 4 aromatic rings. The van der Waals surface area contributed by atoms with Gasteiger partial charge in [0.2, 0.25) is 0 Å². The molecule has 0 spiro atoms. The topological polar surface area (TPSA) is 122 Å². The number of ether oxygens (including phenoxy) is 3. The number of halogens is 1. The summed E-state index contributed by atoms with van der Waals surface area (Å²) in [5, 5.41) is 6.84. The van der Waals surface area contributed by atoms with Gasteiger partial charge in [0.15, 0.2) is 11.5 Å². The maximum Gasteiger partial charge on any atom is 0.261 e. The van der Waals surface area contributed by atoms with Gasteiger partial charge in [0, 0.05) is 53.9 Å². The molecular formula is C34H39ClN4O6. The highest BCUT2D eigenvalue weighted by atomic mass is 35.5. The van der Waals surface area contributed by atoms with E-state index < -0.39 is 11.5 Å². The number of methoxy groups -OCH3 is 1. The van der Waals surface area contributed by atoms with Crippen LogP contribution in [0.5, 0.6) is 11.5 Å². The number of aromatic nitrogens is 1. The van der Waals surface area contributed by atoms with E-state index in [2.05, 4.69) is 20.5 Å². The first-order valence-electron chi connectivity index (χ1n) is 14.9. The molecule has 1 aromatic heterocycles. The lowest BCUT2D eigenvalue weighted by atomic mass is 10.1. The molecule has 0 unspecified atom stereocenters. The van der Waals surface area contributed by atoms with Gasteiger partial charge in [-0.2, -0.15) is 0 Å². The third-order valence-electron chi connectivity index (χ3n) is 7.23. The molecule has 2 heterocycles. The number of amides is 2. The number of pyridine rings is 1. The lowest BCUT2D eigenvalue weighted by molar-refractivity contribution is 0.0321. The number of anilines is 1. The van der Waals surface area contributed by atoms with Crippen LogP contribution in [0, 0.1) is 6.92 Å². The second-order valence-corrected chi connectivity index (χ2v) is 10.6. The Balaban J connectivity index is 0.00000226. The van der Waals surface area contributed by atoms with E-state index in [9.17, 15) is 14.4 Å². The number of fused-ring (bicyclic) bond motifs is 1. The molecule has 2 amide bonds. The van der Waals surface area contributed by atoms with E-state index >= 15 is 0 Å². The van der Waals surface area contributed by atoms with Crippen LogP contribution in [0.1, 0.15) is 45.7 Å². The monoisotopic (exact) mass is 634 g/mol. The van der Waals surface area contributed by atoms with Crippen LogP contribution in [-0.2, 0) is 11.3 Å². The van der Waals surface area contributed by atoms with Gasteiger partial charge in [-0.1, -0.05) is 43.6 Å². The standard InChI is InChI=1S/C32H33ClN4O6.C2H6/c1-20-6-7-22(30(38)34-19-21-4-3-5-24(33)14-21)16-26(20)35-31(39)25-15-23-17-29(28(41-2)18-27(23)36-32(25)40)43-13-10-37-8-11-42-12-9-37;1-2/h3-7,14-18H,8-13,19H2,1-2H3,(H,34,38)(H,35,39)(H,36,40);1-2H3. The number of aryl methyl sites for hydroxylation is 1. The first-order chi connectivity index (χ1) is 21.8. The Morgan fingerprint density at radius 2 is 1.78 bits per heavy atom. The highest BCUT2D eigenvalue weighted by molar-refractivity contribution is 6.30. The minimum atomic E-state index is -0.603. The molecule has 0 bridgehead atoms. The molecule has 0 radical (unpaired) electrons. The van der Waals surface area contributed by atoms with Crippen LogP contribution >= 0.6 is 11.6 Å². The number of H-pyrrole nitrogens is 1. The zero-order chi connectivity index (χ0) is 32.3. The van der Waals surface area contributed by atoms with E-state index in [1.807, 2.05) is 26.0 Å². The Morgan fingerprint density at radius 1 is 1.00 bits per heavy atom. The van der Waals surface area contributed by atoms with Crippen LogP contribution in [0.4, 0.5) is 5.69 Å². The van der Waals surface area contributed by atoms with Crippen LogP contribution < -0.4 is 25.7 Å². The lowest BCUT2D eigenvalue weighted by Crippen LogP contribution is -2.38. The highest BCUT2D eigenvalue weighted by Crippen LogP contribution is 2.31. The Kier molecular flexibility index (Phi) is 12.0. The molecule has 11 heteroatoms. The molecule has 0 atom stereocenters. The summed E-state index contributed by atoms with van der Waals surface area (Å²) in [6.45, 7) is 10.4. The summed E-state index contributed by atoms with van der Waals surface area (Å²) in [7, 11) is 1.53. The van der Waals surface area contributed by atoms with E-state index in [1.165, 1.54) is 13.2 Å². The highest BCUT2D eigenvalue weighted by Gasteiger charge is 2.17. The number of carbonyl (C=O) groups is 2. The zero-order valence-corrected chi connectivity index (χ0v) is 26.8. The maximum atomic E-state index is 13.3. The number of hydrogen-bond acceptors (Lipinski definition) is 7. The van der Waals surface area contributed by atoms with E-state index in [0.717, 1.165) is 30.8 Å². The Hall–Kier alpha value is -4.38. The van der Waals surface area contributed by atoms with Gasteiger partial charge in [-0.25, -0.2) is 0 Å². The van der Waals surface area contributed by atoms with Crippen molar-refractivity contribution in [1.82, 2.24) is 15.2 Å². The zero-order valence-electron chi connectivity index (χ0n) is 26.0. The summed E-state index contributed by atoms with van der Waals surface area (Å²) < 4.78 is 16.9. The molecule has 10 nitrogen and oxygen atoms in total. The molecule has 1 saturated heterocycles. The van der Waals surface area contributed by atoms with E-state index in [0.29, 0.717) is 65.0 Å². The lowest BCUT2D eigenvalue weighted by Gasteiger charge is -2.26. The van der Waals surface area contributed by atoms with Crippen molar-refractivity contribution in [2.45, 2.75) is 27.3 Å². The van der Waals surface area contributed by atoms with Gasteiger partial charge in [-0.15, -0.1) is 0 Å². The summed E-state index contributed by atoms with van der Waals surface area (Å²) in [6.07, 6.45) is 0. The molecule has 238 valence electrons. The van der Waals surface area contributed by atoms with Gasteiger partial charge in [0.1, 0.15) is 12.2 Å². The summed E-state index contributed by atoms with van der Waals surface area (Å²) >= 11 is 6.03. The Bertz CT molecular complexity index is 1700. The number of morpholine rings is 1. The summed E-state index contributed by atoms with van der Waals surface area (Å²) in [5.74, 6) is 0.0693. The molecule has 45 heavy (non-hydrogen) atoms. The Labute approximate surface area is 267 Å². The number of benzene rings is 3. The first kappa shape index (κ1) is 33.5. The molecule has 0 saturated carbocycles. The van der Waals surface area contributed by atoms with Crippen molar-refractivity contribution in [2.75, 3.05) is 51.9 Å². The average molecular weight is 635 g/mol. The molecule has 1 fully saturated rings. The first-order valence-corrected chi connectivity index (χ1v) is 15.3. The van der Waals surface area contributed by atoms with Crippen molar-refractivity contribution in [3.63, 3.8) is 0 Å². The molecule has 1 aliphatic heterocycles. The minimum Gasteiger partial charge on any atom is -0.493 e. The number of carbonyl (C=O) groups excluding carboxylic acids is 2. The van der Waals surface area contributed by atoms with Crippen molar-refractivity contribution < 1.29 is 23.8 Å². The summed E-state index contributed by atoms with van der Waals surface area (Å²) in [5.41, 5.74) is 2.25. The normalized spacial score (nSPS) is 13.0. The minimum absolute atomic E-state index is 0.0767. The van der Waals surface area contributed by atoms with Gasteiger partial charge in [-0.3, -0.25) is 19.3 Å². The fourth-order valence-corrected chi connectivity index (χ4v) is 5.00. The number of aromatic amines is 1. The second kappa shape index (κ2) is 16.1. The van der Waals surface area contributed by atoms with Crippen LogP contribution in [0.2, 0.25) is 5.02 Å². The SMILES string of the molecule is CC.COc1cc2[nH]c(=O)c(C(=O)Nc3cc(C(=O)NCc4cccc(Cl)c4)ccc3C)cc2cc1OCCN1CCOCC1. The number of nitrogens with zero attached hydrogens (tertiary/aromatic N) is 1. The van der Waals surface area contributed by atoms with Crippen molar-refractivity contribution in [3.8, 4) is 11.5 Å². The van der Waals surface area contributed by atoms with E-state index in [-0.39, 0.29) is 11.5 Å². The maximum absolute atomic E-state index is 13.3. The van der Waals surface area contributed by atoms with E-state index in [1.54, 1.807) is 49.4 Å².